The molecule has 2 saturated heterocycles. The molecule has 13 heteroatoms. The number of nitrogens with zero attached hydrogens (tertiary/aromatic N) is 9. The van der Waals surface area contributed by atoms with Crippen LogP contribution in [0.15, 0.2) is 12.4 Å². The van der Waals surface area contributed by atoms with Crippen molar-refractivity contribution in [3.63, 3.8) is 0 Å². The first-order valence-corrected chi connectivity index (χ1v) is 12.8. The van der Waals surface area contributed by atoms with Crippen LogP contribution in [-0.2, 0) is 16.1 Å². The van der Waals surface area contributed by atoms with Crippen LogP contribution in [0.4, 0.5) is 17.7 Å². The van der Waals surface area contributed by atoms with Crippen molar-refractivity contribution in [2.75, 3.05) is 73.9 Å². The molecule has 0 atom stereocenters. The van der Waals surface area contributed by atoms with Crippen LogP contribution in [0.1, 0.15) is 13.8 Å². The number of morpholine rings is 1. The van der Waals surface area contributed by atoms with Crippen LogP contribution in [0.3, 0.4) is 0 Å². The number of hydrogen-bond donors (Lipinski definition) is 1. The number of imidazole rings is 1. The van der Waals surface area contributed by atoms with Gasteiger partial charge in [-0.15, -0.1) is 11.6 Å². The third-order valence-corrected chi connectivity index (χ3v) is 6.60. The second-order valence-electron chi connectivity index (χ2n) is 9.39. The third-order valence-electron chi connectivity index (χ3n) is 6.37. The largest absolute Gasteiger partial charge is 0.378 e. The number of ether oxygens (including phenoxy) is 1. The van der Waals surface area contributed by atoms with E-state index < -0.39 is 0 Å². The highest BCUT2D eigenvalue weighted by atomic mass is 35.5. The highest BCUT2D eigenvalue weighted by Gasteiger charge is 2.28. The lowest BCUT2D eigenvalue weighted by atomic mass is 10.2. The molecule has 0 saturated carbocycles. The molecule has 5 heterocycles. The van der Waals surface area contributed by atoms with Crippen molar-refractivity contribution < 1.29 is 9.53 Å². The van der Waals surface area contributed by atoms with Crippen molar-refractivity contribution in [3.05, 3.63) is 12.4 Å². The van der Waals surface area contributed by atoms with Crippen molar-refractivity contribution in [2.24, 2.45) is 5.92 Å². The number of carbonyl (C=O) groups excluding carboxylic acids is 1. The number of carbonyl (C=O) groups is 1. The average molecular weight is 515 g/mol. The minimum absolute atomic E-state index is 0.00197. The summed E-state index contributed by atoms with van der Waals surface area (Å²) in [6.45, 7) is 10.3. The maximum atomic E-state index is 12.1. The number of anilines is 3. The fraction of sp³-hybridized carbons (Fsp3) is 0.565. The smallest absolute Gasteiger partial charge is 0.237 e. The Morgan fingerprint density at radius 1 is 1.03 bits per heavy atom. The molecular formula is C23H31ClN10O2. The minimum atomic E-state index is -0.0390. The number of hydrogen-bond acceptors (Lipinski definition) is 10. The van der Waals surface area contributed by atoms with Gasteiger partial charge in [-0.2, -0.15) is 0 Å². The van der Waals surface area contributed by atoms with E-state index in [2.05, 4.69) is 38.2 Å². The SMILES string of the molecule is CC(C)Cn1c(N2CCN(C(=O)CCl)CC2)nc2c(N3CCOCC3)nc(-c3cnc(N)nc3)nc21. The van der Waals surface area contributed by atoms with Gasteiger partial charge in [0.25, 0.3) is 0 Å². The van der Waals surface area contributed by atoms with E-state index >= 15 is 0 Å². The maximum absolute atomic E-state index is 12.1. The molecule has 2 aliphatic heterocycles. The minimum Gasteiger partial charge on any atom is -0.378 e. The van der Waals surface area contributed by atoms with Gasteiger partial charge >= 0.3 is 0 Å². The number of nitrogen functional groups attached to an aromatic ring is 1. The molecule has 0 unspecified atom stereocenters. The number of rotatable bonds is 6. The second-order valence-corrected chi connectivity index (χ2v) is 9.66. The lowest BCUT2D eigenvalue weighted by Crippen LogP contribution is -2.50. The summed E-state index contributed by atoms with van der Waals surface area (Å²) in [4.78, 5) is 41.6. The van der Waals surface area contributed by atoms with Crippen molar-refractivity contribution in [2.45, 2.75) is 20.4 Å². The highest BCUT2D eigenvalue weighted by molar-refractivity contribution is 6.27. The summed E-state index contributed by atoms with van der Waals surface area (Å²) in [6.07, 6.45) is 3.29. The molecule has 2 fully saturated rings. The van der Waals surface area contributed by atoms with Gasteiger partial charge in [0, 0.05) is 58.2 Å². The fourth-order valence-electron chi connectivity index (χ4n) is 4.57. The quantitative estimate of drug-likeness (QED) is 0.479. The maximum Gasteiger partial charge on any atom is 0.237 e. The van der Waals surface area contributed by atoms with Crippen molar-refractivity contribution in [1.29, 1.82) is 0 Å². The second kappa shape index (κ2) is 10.4. The first-order valence-electron chi connectivity index (χ1n) is 12.2. The van der Waals surface area contributed by atoms with E-state index in [1.54, 1.807) is 17.3 Å². The Morgan fingerprint density at radius 3 is 2.36 bits per heavy atom. The molecule has 0 spiro atoms. The number of halogens is 1. The molecule has 192 valence electrons. The molecule has 0 bridgehead atoms. The van der Waals surface area contributed by atoms with E-state index in [0.29, 0.717) is 56.7 Å². The Hall–Kier alpha value is -3.25. The van der Waals surface area contributed by atoms with Crippen LogP contribution in [0.25, 0.3) is 22.6 Å². The molecular weight excluding hydrogens is 484 g/mol. The summed E-state index contributed by atoms with van der Waals surface area (Å²) in [7, 11) is 0. The average Bonchev–Trinajstić information content (AvgIpc) is 3.26. The Labute approximate surface area is 214 Å². The van der Waals surface area contributed by atoms with Gasteiger partial charge in [0.05, 0.1) is 18.8 Å². The van der Waals surface area contributed by atoms with Gasteiger partial charge in [-0.3, -0.25) is 9.36 Å². The van der Waals surface area contributed by atoms with E-state index in [1.807, 2.05) is 0 Å². The van der Waals surface area contributed by atoms with Crippen LogP contribution in [0.2, 0.25) is 0 Å². The third kappa shape index (κ3) is 4.87. The summed E-state index contributed by atoms with van der Waals surface area (Å²) in [5, 5.41) is 0. The van der Waals surface area contributed by atoms with Gasteiger partial charge in [-0.05, 0) is 5.92 Å². The molecule has 0 aromatic carbocycles. The van der Waals surface area contributed by atoms with Crippen molar-refractivity contribution >= 4 is 46.4 Å². The lowest BCUT2D eigenvalue weighted by Gasteiger charge is -2.35. The van der Waals surface area contributed by atoms with Crippen LogP contribution in [-0.4, -0.2) is 98.7 Å². The Balaban J connectivity index is 1.62. The Bertz CT molecular complexity index is 1220. The standard InChI is InChI=1S/C23H31ClN10O2/c1-15(2)14-34-21-18(28-23(34)33-5-3-31(4-6-33)17(35)11-24)20(32-7-9-36-10-8-32)29-19(30-21)16-12-26-22(25)27-13-16/h12-13,15H,3-11,14H2,1-2H3,(H2,25,26,27). The summed E-state index contributed by atoms with van der Waals surface area (Å²) < 4.78 is 7.76. The molecule has 36 heavy (non-hydrogen) atoms. The summed E-state index contributed by atoms with van der Waals surface area (Å²) in [6, 6.07) is 0. The zero-order chi connectivity index (χ0) is 25.2. The molecule has 3 aromatic rings. The van der Waals surface area contributed by atoms with Gasteiger partial charge < -0.3 is 25.2 Å². The summed E-state index contributed by atoms with van der Waals surface area (Å²) in [5.41, 5.74) is 7.92. The van der Waals surface area contributed by atoms with Crippen molar-refractivity contribution in [3.8, 4) is 11.4 Å². The predicted molar refractivity (Wildman–Crippen MR) is 138 cm³/mol. The van der Waals surface area contributed by atoms with Gasteiger partial charge in [0.15, 0.2) is 22.8 Å². The van der Waals surface area contributed by atoms with E-state index in [4.69, 9.17) is 37.0 Å². The van der Waals surface area contributed by atoms with Crippen molar-refractivity contribution in [1.82, 2.24) is 34.4 Å². The first-order chi connectivity index (χ1) is 17.4. The normalized spacial score (nSPS) is 16.8. The molecule has 0 aliphatic carbocycles. The van der Waals surface area contributed by atoms with Gasteiger partial charge in [-0.25, -0.2) is 24.9 Å². The Morgan fingerprint density at radius 2 is 1.72 bits per heavy atom. The van der Waals surface area contributed by atoms with Crippen LogP contribution < -0.4 is 15.5 Å². The molecule has 1 amide bonds. The summed E-state index contributed by atoms with van der Waals surface area (Å²) in [5.74, 6) is 2.67. The number of nitrogens with two attached hydrogens (primary N) is 1. The highest BCUT2D eigenvalue weighted by Crippen LogP contribution is 2.32. The fourth-order valence-corrected chi connectivity index (χ4v) is 4.74. The summed E-state index contributed by atoms with van der Waals surface area (Å²) >= 11 is 5.77. The van der Waals surface area contributed by atoms with E-state index in [9.17, 15) is 4.79 Å². The van der Waals surface area contributed by atoms with Crippen LogP contribution in [0.5, 0.6) is 0 Å². The number of fused-ring (bicyclic) bond motifs is 1. The molecule has 3 aromatic heterocycles. The monoisotopic (exact) mass is 514 g/mol. The van der Waals surface area contributed by atoms with E-state index in [-0.39, 0.29) is 17.7 Å². The van der Waals surface area contributed by atoms with E-state index in [1.165, 1.54) is 0 Å². The first kappa shape index (κ1) is 24.4. The molecule has 2 N–H and O–H groups in total. The molecule has 5 rings (SSSR count). The van der Waals surface area contributed by atoms with Gasteiger partial charge in [-0.1, -0.05) is 13.8 Å². The number of amides is 1. The van der Waals surface area contributed by atoms with Gasteiger partial charge in [0.1, 0.15) is 5.88 Å². The molecule has 0 radical (unpaired) electrons. The van der Waals surface area contributed by atoms with Gasteiger partial charge in [0.2, 0.25) is 17.8 Å². The number of aromatic nitrogens is 6. The Kier molecular flexibility index (Phi) is 7.06. The predicted octanol–water partition coefficient (Wildman–Crippen LogP) is 1.25. The number of alkyl halides is 1. The molecule has 2 aliphatic rings. The lowest BCUT2D eigenvalue weighted by molar-refractivity contribution is -0.128. The van der Waals surface area contributed by atoms with E-state index in [0.717, 1.165) is 42.6 Å². The topological polar surface area (TPSA) is 131 Å². The molecule has 12 nitrogen and oxygen atoms in total. The van der Waals surface area contributed by atoms with Crippen LogP contribution in [0, 0.1) is 5.92 Å². The zero-order valence-electron chi connectivity index (χ0n) is 20.6. The van der Waals surface area contributed by atoms with Crippen LogP contribution >= 0.6 is 11.6 Å². The number of piperazine rings is 1. The zero-order valence-corrected chi connectivity index (χ0v) is 21.4.